The van der Waals surface area contributed by atoms with Gasteiger partial charge in [-0.3, -0.25) is 4.79 Å². The number of rotatable bonds is 4. The lowest BCUT2D eigenvalue weighted by Gasteiger charge is -2.06. The van der Waals surface area contributed by atoms with Gasteiger partial charge in [-0.15, -0.1) is 0 Å². The maximum Gasteiger partial charge on any atom is 0.169 e. The Bertz CT molecular complexity index is 537. The highest BCUT2D eigenvalue weighted by Crippen LogP contribution is 2.25. The molecule has 0 unspecified atom stereocenters. The molecule has 0 radical (unpaired) electrons. The summed E-state index contributed by atoms with van der Waals surface area (Å²) in [7, 11) is 1.63. The number of aldehydes is 1. The number of carbonyl (C=O) groups excluding carboxylic acids is 1. The molecule has 2 aromatic rings. The monoisotopic (exact) mass is 294 g/mol. The molecule has 0 aliphatic rings. The van der Waals surface area contributed by atoms with Crippen molar-refractivity contribution in [3.8, 4) is 5.75 Å². The van der Waals surface area contributed by atoms with Crippen LogP contribution in [0.15, 0.2) is 35.2 Å². The Morgan fingerprint density at radius 3 is 2.94 bits per heavy atom. The third-order valence-corrected chi connectivity index (χ3v) is 2.98. The van der Waals surface area contributed by atoms with Crippen molar-refractivity contribution < 1.29 is 9.53 Å². The smallest absolute Gasteiger partial charge is 0.169 e. The molecule has 0 saturated carbocycles. The van der Waals surface area contributed by atoms with E-state index in [1.54, 1.807) is 19.6 Å². The van der Waals surface area contributed by atoms with Gasteiger partial charge in [0.15, 0.2) is 6.29 Å². The van der Waals surface area contributed by atoms with Gasteiger partial charge in [-0.1, -0.05) is 6.07 Å². The lowest BCUT2D eigenvalue weighted by Crippen LogP contribution is -1.97. The van der Waals surface area contributed by atoms with Crippen LogP contribution >= 0.6 is 15.9 Å². The van der Waals surface area contributed by atoms with Crippen LogP contribution in [0.4, 0.5) is 0 Å². The highest BCUT2D eigenvalue weighted by Gasteiger charge is 2.03. The number of carbonyl (C=O) groups is 1. The van der Waals surface area contributed by atoms with E-state index >= 15 is 0 Å². The molecular formula is C12H11BrN2O2. The standard InChI is InChI=1S/C12H11BrN2O2/c1-17-12-3-2-9(4-11(12)13)5-15-6-10(7-16)14-8-15/h2-4,6-8H,5H2,1H3. The minimum absolute atomic E-state index is 0.442. The molecule has 0 atom stereocenters. The van der Waals surface area contributed by atoms with Crippen LogP contribution in [0.2, 0.25) is 0 Å². The van der Waals surface area contributed by atoms with Crippen molar-refractivity contribution in [3.05, 3.63) is 46.5 Å². The minimum atomic E-state index is 0.442. The Hall–Kier alpha value is -1.62. The molecule has 0 amide bonds. The molecule has 1 aromatic carbocycles. The fraction of sp³-hybridized carbons (Fsp3) is 0.167. The van der Waals surface area contributed by atoms with Crippen LogP contribution < -0.4 is 4.74 Å². The van der Waals surface area contributed by atoms with Gasteiger partial charge >= 0.3 is 0 Å². The lowest BCUT2D eigenvalue weighted by molar-refractivity contribution is 0.111. The maximum absolute atomic E-state index is 10.5. The van der Waals surface area contributed by atoms with E-state index in [2.05, 4.69) is 20.9 Å². The molecule has 17 heavy (non-hydrogen) atoms. The first-order valence-corrected chi connectivity index (χ1v) is 5.81. The van der Waals surface area contributed by atoms with Crippen LogP contribution in [-0.2, 0) is 6.54 Å². The van der Waals surface area contributed by atoms with Crippen molar-refractivity contribution in [2.75, 3.05) is 7.11 Å². The van der Waals surface area contributed by atoms with Crippen LogP contribution in [0, 0.1) is 0 Å². The van der Waals surface area contributed by atoms with Crippen LogP contribution in [0.25, 0.3) is 0 Å². The predicted octanol–water partition coefficient (Wildman–Crippen LogP) is 2.52. The Morgan fingerprint density at radius 2 is 2.35 bits per heavy atom. The fourth-order valence-electron chi connectivity index (χ4n) is 1.54. The molecule has 5 heteroatoms. The zero-order chi connectivity index (χ0) is 12.3. The largest absolute Gasteiger partial charge is 0.496 e. The van der Waals surface area contributed by atoms with Crippen LogP contribution in [-0.4, -0.2) is 22.9 Å². The number of nitrogens with zero attached hydrogens (tertiary/aromatic N) is 2. The van der Waals surface area contributed by atoms with Gasteiger partial charge < -0.3 is 9.30 Å². The molecule has 0 aliphatic carbocycles. The van der Waals surface area contributed by atoms with Gasteiger partial charge in [-0.25, -0.2) is 4.98 Å². The second kappa shape index (κ2) is 5.14. The fourth-order valence-corrected chi connectivity index (χ4v) is 2.13. The summed E-state index contributed by atoms with van der Waals surface area (Å²) in [6, 6.07) is 5.86. The first kappa shape index (κ1) is 11.9. The van der Waals surface area contributed by atoms with E-state index in [9.17, 15) is 4.79 Å². The Kier molecular flexibility index (Phi) is 3.58. The zero-order valence-corrected chi connectivity index (χ0v) is 10.8. The summed E-state index contributed by atoms with van der Waals surface area (Å²) in [5.74, 6) is 0.799. The number of halogens is 1. The number of imidazole rings is 1. The molecule has 2 rings (SSSR count). The number of benzene rings is 1. The molecule has 1 heterocycles. The van der Waals surface area contributed by atoms with E-state index < -0.39 is 0 Å². The first-order chi connectivity index (χ1) is 8.22. The second-order valence-corrected chi connectivity index (χ2v) is 4.41. The number of hydrogen-bond acceptors (Lipinski definition) is 3. The molecule has 0 fully saturated rings. The average Bonchev–Trinajstić information content (AvgIpc) is 2.77. The quantitative estimate of drug-likeness (QED) is 0.814. The van der Waals surface area contributed by atoms with Crippen molar-refractivity contribution >= 4 is 22.2 Å². The van der Waals surface area contributed by atoms with Crippen molar-refractivity contribution in [3.63, 3.8) is 0 Å². The zero-order valence-electron chi connectivity index (χ0n) is 9.26. The molecule has 0 bridgehead atoms. The van der Waals surface area contributed by atoms with Gasteiger partial charge in [0.05, 0.1) is 17.9 Å². The third-order valence-electron chi connectivity index (χ3n) is 2.36. The summed E-state index contributed by atoms with van der Waals surface area (Å²) in [6.07, 6.45) is 4.09. The van der Waals surface area contributed by atoms with Gasteiger partial charge in [-0.2, -0.15) is 0 Å². The van der Waals surface area contributed by atoms with E-state index in [1.165, 1.54) is 0 Å². The summed E-state index contributed by atoms with van der Waals surface area (Å²) in [5, 5.41) is 0. The van der Waals surface area contributed by atoms with Crippen molar-refractivity contribution in [1.82, 2.24) is 9.55 Å². The van der Waals surface area contributed by atoms with E-state index in [0.29, 0.717) is 12.2 Å². The normalized spacial score (nSPS) is 10.2. The van der Waals surface area contributed by atoms with Gasteiger partial charge in [-0.05, 0) is 33.6 Å². The number of aromatic nitrogens is 2. The number of hydrogen-bond donors (Lipinski definition) is 0. The Labute approximate surface area is 107 Å². The second-order valence-electron chi connectivity index (χ2n) is 3.56. The topological polar surface area (TPSA) is 44.1 Å². The number of ether oxygens (including phenoxy) is 1. The van der Waals surface area contributed by atoms with Crippen LogP contribution in [0.5, 0.6) is 5.75 Å². The Balaban J connectivity index is 2.18. The lowest BCUT2D eigenvalue weighted by atomic mass is 10.2. The third kappa shape index (κ3) is 2.74. The van der Waals surface area contributed by atoms with E-state index in [1.807, 2.05) is 22.8 Å². The highest BCUT2D eigenvalue weighted by atomic mass is 79.9. The molecular weight excluding hydrogens is 284 g/mol. The van der Waals surface area contributed by atoms with E-state index in [0.717, 1.165) is 22.1 Å². The maximum atomic E-state index is 10.5. The summed E-state index contributed by atoms with van der Waals surface area (Å²) in [4.78, 5) is 14.5. The molecule has 0 spiro atoms. The van der Waals surface area contributed by atoms with Gasteiger partial charge in [0.1, 0.15) is 11.4 Å². The van der Waals surface area contributed by atoms with Crippen molar-refractivity contribution in [2.24, 2.45) is 0 Å². The Morgan fingerprint density at radius 1 is 1.53 bits per heavy atom. The molecule has 4 nitrogen and oxygen atoms in total. The minimum Gasteiger partial charge on any atom is -0.496 e. The highest BCUT2D eigenvalue weighted by molar-refractivity contribution is 9.10. The molecule has 1 aromatic heterocycles. The summed E-state index contributed by atoms with van der Waals surface area (Å²) >= 11 is 3.43. The van der Waals surface area contributed by atoms with Crippen LogP contribution in [0.1, 0.15) is 16.1 Å². The molecule has 0 aliphatic heterocycles. The predicted molar refractivity (Wildman–Crippen MR) is 67.4 cm³/mol. The van der Waals surface area contributed by atoms with Crippen molar-refractivity contribution in [1.29, 1.82) is 0 Å². The summed E-state index contributed by atoms with van der Waals surface area (Å²) in [6.45, 7) is 0.670. The SMILES string of the molecule is COc1ccc(Cn2cnc(C=O)c2)cc1Br. The van der Waals surface area contributed by atoms with E-state index in [-0.39, 0.29) is 0 Å². The van der Waals surface area contributed by atoms with Gasteiger partial charge in [0.2, 0.25) is 0 Å². The number of methoxy groups -OCH3 is 1. The molecule has 0 N–H and O–H groups in total. The van der Waals surface area contributed by atoms with Crippen molar-refractivity contribution in [2.45, 2.75) is 6.54 Å². The summed E-state index contributed by atoms with van der Waals surface area (Å²) < 4.78 is 7.93. The van der Waals surface area contributed by atoms with Crippen LogP contribution in [0.3, 0.4) is 0 Å². The molecule has 88 valence electrons. The summed E-state index contributed by atoms with van der Waals surface area (Å²) in [5.41, 5.74) is 1.55. The van der Waals surface area contributed by atoms with Gasteiger partial charge in [0, 0.05) is 12.7 Å². The first-order valence-electron chi connectivity index (χ1n) is 5.02. The van der Waals surface area contributed by atoms with Gasteiger partial charge in [0.25, 0.3) is 0 Å². The molecule has 0 saturated heterocycles. The van der Waals surface area contributed by atoms with E-state index in [4.69, 9.17) is 4.74 Å². The average molecular weight is 295 g/mol.